The Morgan fingerprint density at radius 2 is 1.71 bits per heavy atom. The van der Waals surface area contributed by atoms with Crippen molar-refractivity contribution in [3.63, 3.8) is 0 Å². The van der Waals surface area contributed by atoms with Gasteiger partial charge in [-0.2, -0.15) is 0 Å². The van der Waals surface area contributed by atoms with Crippen LogP contribution in [0.25, 0.3) is 0 Å². The molecular weight excluding hydrogens is 190 g/mol. The fourth-order valence-corrected chi connectivity index (χ4v) is 2.36. The zero-order chi connectivity index (χ0) is 10.4. The van der Waals surface area contributed by atoms with E-state index in [-0.39, 0.29) is 0 Å². The fourth-order valence-electron chi connectivity index (χ4n) is 1.35. The standard InChI is InChI=1S/C12H19NS/c1-3-11(4-2)14-12-7-5-10(9-13)6-8-12/h5-8,11H,3-4,9,13H2,1-2H3. The van der Waals surface area contributed by atoms with Gasteiger partial charge < -0.3 is 5.73 Å². The molecule has 0 aliphatic carbocycles. The Hall–Kier alpha value is -0.470. The van der Waals surface area contributed by atoms with E-state index in [0.29, 0.717) is 6.54 Å². The average molecular weight is 209 g/mol. The quantitative estimate of drug-likeness (QED) is 0.752. The zero-order valence-corrected chi connectivity index (χ0v) is 9.81. The maximum absolute atomic E-state index is 5.55. The molecule has 0 amide bonds. The van der Waals surface area contributed by atoms with Gasteiger partial charge in [-0.3, -0.25) is 0 Å². The number of thioether (sulfide) groups is 1. The minimum absolute atomic E-state index is 0.635. The first kappa shape index (κ1) is 11.6. The van der Waals surface area contributed by atoms with Gasteiger partial charge in [0.15, 0.2) is 0 Å². The first-order valence-electron chi connectivity index (χ1n) is 5.25. The van der Waals surface area contributed by atoms with Crippen LogP contribution in [0.1, 0.15) is 32.3 Å². The molecule has 78 valence electrons. The lowest BCUT2D eigenvalue weighted by molar-refractivity contribution is 0.792. The minimum atomic E-state index is 0.635. The van der Waals surface area contributed by atoms with Crippen molar-refractivity contribution in [3.8, 4) is 0 Å². The van der Waals surface area contributed by atoms with Gasteiger partial charge in [0, 0.05) is 16.7 Å². The molecule has 1 aromatic rings. The van der Waals surface area contributed by atoms with Gasteiger partial charge >= 0.3 is 0 Å². The molecule has 2 N–H and O–H groups in total. The number of benzene rings is 1. The Balaban J connectivity index is 2.58. The van der Waals surface area contributed by atoms with Crippen molar-refractivity contribution in [2.75, 3.05) is 0 Å². The molecule has 0 saturated carbocycles. The molecule has 14 heavy (non-hydrogen) atoms. The van der Waals surface area contributed by atoms with Crippen molar-refractivity contribution >= 4 is 11.8 Å². The molecule has 0 spiro atoms. The van der Waals surface area contributed by atoms with Gasteiger partial charge in [0.2, 0.25) is 0 Å². The van der Waals surface area contributed by atoms with Crippen molar-refractivity contribution in [2.45, 2.75) is 43.4 Å². The highest BCUT2D eigenvalue weighted by Gasteiger charge is 2.04. The Labute approximate surface area is 91.1 Å². The van der Waals surface area contributed by atoms with Crippen LogP contribution in [0.3, 0.4) is 0 Å². The number of hydrogen-bond acceptors (Lipinski definition) is 2. The number of nitrogens with two attached hydrogens (primary N) is 1. The molecule has 1 nitrogen and oxygen atoms in total. The van der Waals surface area contributed by atoms with Crippen molar-refractivity contribution in [2.24, 2.45) is 5.73 Å². The Kier molecular flexibility index (Phi) is 5.05. The van der Waals surface area contributed by atoms with Crippen molar-refractivity contribution < 1.29 is 0 Å². The Bertz CT molecular complexity index is 252. The zero-order valence-electron chi connectivity index (χ0n) is 8.99. The van der Waals surface area contributed by atoms with E-state index >= 15 is 0 Å². The molecule has 0 atom stereocenters. The van der Waals surface area contributed by atoms with E-state index in [4.69, 9.17) is 5.73 Å². The van der Waals surface area contributed by atoms with E-state index in [1.807, 2.05) is 11.8 Å². The van der Waals surface area contributed by atoms with E-state index in [0.717, 1.165) is 5.25 Å². The molecule has 0 fully saturated rings. The van der Waals surface area contributed by atoms with Crippen molar-refractivity contribution in [3.05, 3.63) is 29.8 Å². The number of hydrogen-bond donors (Lipinski definition) is 1. The van der Waals surface area contributed by atoms with Crippen LogP contribution in [-0.4, -0.2) is 5.25 Å². The monoisotopic (exact) mass is 209 g/mol. The summed E-state index contributed by atoms with van der Waals surface area (Å²) in [5, 5.41) is 0.749. The van der Waals surface area contributed by atoms with E-state index in [1.54, 1.807) is 0 Å². The highest BCUT2D eigenvalue weighted by atomic mass is 32.2. The molecule has 2 heteroatoms. The average Bonchev–Trinajstić information content (AvgIpc) is 2.26. The van der Waals surface area contributed by atoms with Crippen molar-refractivity contribution in [1.82, 2.24) is 0 Å². The topological polar surface area (TPSA) is 26.0 Å². The normalized spacial score (nSPS) is 10.9. The van der Waals surface area contributed by atoms with Crippen LogP contribution in [0.5, 0.6) is 0 Å². The van der Waals surface area contributed by atoms with E-state index in [2.05, 4.69) is 38.1 Å². The maximum atomic E-state index is 5.55. The molecule has 0 saturated heterocycles. The highest BCUT2D eigenvalue weighted by molar-refractivity contribution is 8.00. The van der Waals surface area contributed by atoms with Crippen LogP contribution in [0, 0.1) is 0 Å². The predicted molar refractivity (Wildman–Crippen MR) is 64.6 cm³/mol. The van der Waals surface area contributed by atoms with Crippen LogP contribution in [-0.2, 0) is 6.54 Å². The van der Waals surface area contributed by atoms with Gasteiger partial charge in [-0.1, -0.05) is 26.0 Å². The smallest absolute Gasteiger partial charge is 0.0178 e. The van der Waals surface area contributed by atoms with Crippen LogP contribution >= 0.6 is 11.8 Å². The third-order valence-electron chi connectivity index (χ3n) is 2.37. The van der Waals surface area contributed by atoms with Gasteiger partial charge in [0.05, 0.1) is 0 Å². The molecule has 0 radical (unpaired) electrons. The second kappa shape index (κ2) is 6.10. The lowest BCUT2D eigenvalue weighted by Crippen LogP contribution is -1.98. The summed E-state index contributed by atoms with van der Waals surface area (Å²) in [7, 11) is 0. The summed E-state index contributed by atoms with van der Waals surface area (Å²) in [6, 6.07) is 8.58. The second-order valence-corrected chi connectivity index (χ2v) is 4.78. The minimum Gasteiger partial charge on any atom is -0.326 e. The SMILES string of the molecule is CCC(CC)Sc1ccc(CN)cc1. The molecule has 0 bridgehead atoms. The molecule has 1 aromatic carbocycles. The van der Waals surface area contributed by atoms with Crippen LogP contribution in [0.15, 0.2) is 29.2 Å². The summed E-state index contributed by atoms with van der Waals surface area (Å²) in [4.78, 5) is 1.36. The highest BCUT2D eigenvalue weighted by Crippen LogP contribution is 2.27. The summed E-state index contributed by atoms with van der Waals surface area (Å²) >= 11 is 1.97. The lowest BCUT2D eigenvalue weighted by Gasteiger charge is -2.11. The first-order chi connectivity index (χ1) is 6.80. The summed E-state index contributed by atoms with van der Waals surface area (Å²) < 4.78 is 0. The first-order valence-corrected chi connectivity index (χ1v) is 6.13. The maximum Gasteiger partial charge on any atom is 0.0178 e. The van der Waals surface area contributed by atoms with E-state index < -0.39 is 0 Å². The molecule has 0 aromatic heterocycles. The van der Waals surface area contributed by atoms with Gasteiger partial charge in [-0.05, 0) is 30.5 Å². The Morgan fingerprint density at radius 1 is 1.14 bits per heavy atom. The summed E-state index contributed by atoms with van der Waals surface area (Å²) in [6.07, 6.45) is 2.47. The molecule has 1 rings (SSSR count). The third kappa shape index (κ3) is 3.35. The van der Waals surface area contributed by atoms with Crippen LogP contribution in [0.2, 0.25) is 0 Å². The largest absolute Gasteiger partial charge is 0.326 e. The lowest BCUT2D eigenvalue weighted by atomic mass is 10.2. The van der Waals surface area contributed by atoms with Crippen molar-refractivity contribution in [1.29, 1.82) is 0 Å². The van der Waals surface area contributed by atoms with Gasteiger partial charge in [-0.15, -0.1) is 11.8 Å². The molecule has 0 heterocycles. The molecule has 0 aliphatic rings. The fraction of sp³-hybridized carbons (Fsp3) is 0.500. The number of rotatable bonds is 5. The second-order valence-electron chi connectivity index (χ2n) is 3.40. The van der Waals surface area contributed by atoms with Crippen LogP contribution in [0.4, 0.5) is 0 Å². The van der Waals surface area contributed by atoms with Gasteiger partial charge in [-0.25, -0.2) is 0 Å². The Morgan fingerprint density at radius 3 is 2.14 bits per heavy atom. The third-order valence-corrected chi connectivity index (χ3v) is 3.92. The summed E-state index contributed by atoms with van der Waals surface area (Å²) in [5.74, 6) is 0. The van der Waals surface area contributed by atoms with Gasteiger partial charge in [0.1, 0.15) is 0 Å². The summed E-state index contributed by atoms with van der Waals surface area (Å²) in [6.45, 7) is 5.13. The molecule has 0 aliphatic heterocycles. The van der Waals surface area contributed by atoms with Crippen LogP contribution < -0.4 is 5.73 Å². The molecular formula is C12H19NS. The van der Waals surface area contributed by atoms with E-state index in [9.17, 15) is 0 Å². The van der Waals surface area contributed by atoms with E-state index in [1.165, 1.54) is 23.3 Å². The van der Waals surface area contributed by atoms with Gasteiger partial charge in [0.25, 0.3) is 0 Å². The summed E-state index contributed by atoms with van der Waals surface area (Å²) in [5.41, 5.74) is 6.75. The molecule has 0 unspecified atom stereocenters. The predicted octanol–water partition coefficient (Wildman–Crippen LogP) is 3.43.